The maximum absolute atomic E-state index is 10.6. The Hall–Kier alpha value is -0.970. The molecular formula is C26H53NO12. The molecule has 0 atom stereocenters. The fourth-order valence-electron chi connectivity index (χ4n) is 2.57. The number of likely N-dealkylation sites (N-methyl/N-ethyl adjacent to an activating group) is 1. The van der Waals surface area contributed by atoms with Gasteiger partial charge in [-0.05, 0) is 14.1 Å². The summed E-state index contributed by atoms with van der Waals surface area (Å²) in [5.74, 6) is -0.309. The van der Waals surface area contributed by atoms with Gasteiger partial charge in [-0.15, -0.1) is 0 Å². The quantitative estimate of drug-likeness (QED) is 0.0792. The summed E-state index contributed by atoms with van der Waals surface area (Å²) in [6.07, 6.45) is 0. The molecule has 0 saturated carbocycles. The summed E-state index contributed by atoms with van der Waals surface area (Å²) in [4.78, 5) is 12.7. The Balaban J connectivity index is 3.03. The molecule has 234 valence electrons. The number of esters is 1. The van der Waals surface area contributed by atoms with Crippen LogP contribution in [0.4, 0.5) is 0 Å². The first-order valence-corrected chi connectivity index (χ1v) is 13.7. The van der Waals surface area contributed by atoms with Crippen LogP contribution < -0.4 is 0 Å². The third-order valence-corrected chi connectivity index (χ3v) is 4.56. The summed E-state index contributed by atoms with van der Waals surface area (Å²) in [6.45, 7) is 12.9. The lowest BCUT2D eigenvalue weighted by Crippen LogP contribution is -2.19. The van der Waals surface area contributed by atoms with E-state index in [4.69, 9.17) is 52.1 Å². The van der Waals surface area contributed by atoms with Crippen molar-refractivity contribution in [1.29, 1.82) is 0 Å². The summed E-state index contributed by atoms with van der Waals surface area (Å²) in [6, 6.07) is 0. The van der Waals surface area contributed by atoms with E-state index < -0.39 is 0 Å². The molecule has 0 aromatic carbocycles. The Morgan fingerprint density at radius 1 is 0.385 bits per heavy atom. The van der Waals surface area contributed by atoms with E-state index in [-0.39, 0.29) is 12.6 Å². The van der Waals surface area contributed by atoms with Crippen molar-refractivity contribution >= 4 is 5.97 Å². The minimum Gasteiger partial charge on any atom is -0.463 e. The Morgan fingerprint density at radius 3 is 0.795 bits per heavy atom. The van der Waals surface area contributed by atoms with Crippen molar-refractivity contribution in [3.63, 3.8) is 0 Å². The zero-order chi connectivity index (χ0) is 28.5. The number of hydrogen-bond acceptors (Lipinski definition) is 13. The molecule has 13 nitrogen and oxygen atoms in total. The monoisotopic (exact) mass is 571 g/mol. The molecule has 13 heteroatoms. The zero-order valence-corrected chi connectivity index (χ0v) is 24.4. The van der Waals surface area contributed by atoms with E-state index in [0.29, 0.717) is 132 Å². The maximum atomic E-state index is 10.6. The predicted octanol–water partition coefficient (Wildman–Crippen LogP) is 0.277. The van der Waals surface area contributed by atoms with Crippen LogP contribution in [0.3, 0.4) is 0 Å². The second-order valence-corrected chi connectivity index (χ2v) is 8.27. The molecule has 0 aliphatic rings. The fraction of sp³-hybridized carbons (Fsp3) is 0.962. The summed E-state index contributed by atoms with van der Waals surface area (Å²) in [7, 11) is 4.03. The summed E-state index contributed by atoms with van der Waals surface area (Å²) in [5, 5.41) is 0. The molecule has 0 amide bonds. The number of nitrogens with zero attached hydrogens (tertiary/aromatic N) is 1. The van der Waals surface area contributed by atoms with E-state index >= 15 is 0 Å². The SMILES string of the molecule is CC(=O)OCCOCCOCCOCCOCCOCCOCCOCCOCCOCCOCCN(C)C. The van der Waals surface area contributed by atoms with Gasteiger partial charge in [0.1, 0.15) is 6.61 Å². The molecule has 0 fully saturated rings. The van der Waals surface area contributed by atoms with Crippen LogP contribution in [0.2, 0.25) is 0 Å². The Kier molecular flexibility index (Phi) is 32.4. The van der Waals surface area contributed by atoms with Crippen LogP contribution in [0.15, 0.2) is 0 Å². The van der Waals surface area contributed by atoms with E-state index in [9.17, 15) is 4.79 Å². The largest absolute Gasteiger partial charge is 0.463 e. The second-order valence-electron chi connectivity index (χ2n) is 8.27. The molecule has 0 aliphatic carbocycles. The average molecular weight is 572 g/mol. The van der Waals surface area contributed by atoms with Gasteiger partial charge in [0, 0.05) is 13.5 Å². The van der Waals surface area contributed by atoms with E-state index in [2.05, 4.69) is 4.90 Å². The minimum atomic E-state index is -0.309. The smallest absolute Gasteiger partial charge is 0.302 e. The first-order chi connectivity index (χ1) is 19.1. The normalized spacial score (nSPS) is 11.5. The molecule has 0 aliphatic heterocycles. The van der Waals surface area contributed by atoms with E-state index in [1.165, 1.54) is 6.92 Å². The lowest BCUT2D eigenvalue weighted by Gasteiger charge is -2.10. The molecule has 0 radical (unpaired) electrons. The van der Waals surface area contributed by atoms with Gasteiger partial charge in [0.15, 0.2) is 0 Å². The molecule has 0 unspecified atom stereocenters. The molecule has 39 heavy (non-hydrogen) atoms. The molecular weight excluding hydrogens is 518 g/mol. The van der Waals surface area contributed by atoms with Gasteiger partial charge in [0.05, 0.1) is 132 Å². The van der Waals surface area contributed by atoms with Crippen LogP contribution in [0.25, 0.3) is 0 Å². The number of ether oxygens (including phenoxy) is 11. The lowest BCUT2D eigenvalue weighted by molar-refractivity contribution is -0.142. The highest BCUT2D eigenvalue weighted by atomic mass is 16.6. The standard InChI is InChI=1S/C26H53NO12/c1-26(28)39-25-24-38-23-22-37-21-20-36-19-18-35-17-16-34-15-14-33-13-12-32-11-10-31-9-8-30-7-6-29-5-4-27(2)3/h4-25H2,1-3H3. The van der Waals surface area contributed by atoms with Crippen LogP contribution >= 0.6 is 0 Å². The van der Waals surface area contributed by atoms with Crippen LogP contribution in [0.5, 0.6) is 0 Å². The van der Waals surface area contributed by atoms with E-state index in [1.54, 1.807) is 0 Å². The molecule has 0 saturated heterocycles. The van der Waals surface area contributed by atoms with Gasteiger partial charge in [-0.2, -0.15) is 0 Å². The van der Waals surface area contributed by atoms with Crippen molar-refractivity contribution in [2.24, 2.45) is 0 Å². The number of carbonyl (C=O) groups is 1. The summed E-state index contributed by atoms with van der Waals surface area (Å²) < 4.78 is 58.9. The summed E-state index contributed by atoms with van der Waals surface area (Å²) >= 11 is 0. The van der Waals surface area contributed by atoms with Crippen molar-refractivity contribution in [3.05, 3.63) is 0 Å². The highest BCUT2D eigenvalue weighted by Crippen LogP contribution is 1.87. The van der Waals surface area contributed by atoms with Gasteiger partial charge in [0.2, 0.25) is 0 Å². The number of hydrogen-bond donors (Lipinski definition) is 0. The number of rotatable bonds is 33. The van der Waals surface area contributed by atoms with Gasteiger partial charge in [-0.25, -0.2) is 0 Å². The van der Waals surface area contributed by atoms with Crippen molar-refractivity contribution in [3.8, 4) is 0 Å². The van der Waals surface area contributed by atoms with Crippen LogP contribution in [-0.4, -0.2) is 170 Å². The predicted molar refractivity (Wildman–Crippen MR) is 143 cm³/mol. The van der Waals surface area contributed by atoms with Crippen molar-refractivity contribution < 1.29 is 56.9 Å². The summed E-state index contributed by atoms with van der Waals surface area (Å²) in [5.41, 5.74) is 0. The van der Waals surface area contributed by atoms with Gasteiger partial charge in [0.25, 0.3) is 0 Å². The highest BCUT2D eigenvalue weighted by Gasteiger charge is 1.97. The van der Waals surface area contributed by atoms with Crippen LogP contribution in [-0.2, 0) is 56.9 Å². The molecule has 0 spiro atoms. The van der Waals surface area contributed by atoms with Crippen molar-refractivity contribution in [1.82, 2.24) is 4.90 Å². The fourth-order valence-corrected chi connectivity index (χ4v) is 2.57. The van der Waals surface area contributed by atoms with E-state index in [0.717, 1.165) is 6.54 Å². The molecule has 0 bridgehead atoms. The third-order valence-electron chi connectivity index (χ3n) is 4.56. The van der Waals surface area contributed by atoms with Gasteiger partial charge < -0.3 is 57.0 Å². The minimum absolute atomic E-state index is 0.261. The lowest BCUT2D eigenvalue weighted by atomic mass is 10.6. The van der Waals surface area contributed by atoms with Crippen LogP contribution in [0, 0.1) is 0 Å². The molecule has 0 aromatic heterocycles. The van der Waals surface area contributed by atoms with Gasteiger partial charge in [-0.1, -0.05) is 0 Å². The van der Waals surface area contributed by atoms with Crippen molar-refractivity contribution in [2.45, 2.75) is 6.92 Å². The average Bonchev–Trinajstić information content (AvgIpc) is 2.91. The maximum Gasteiger partial charge on any atom is 0.302 e. The number of carbonyl (C=O) groups excluding carboxylic acids is 1. The molecule has 0 rings (SSSR count). The molecule has 0 N–H and O–H groups in total. The Labute approximate surface area is 234 Å². The second kappa shape index (κ2) is 33.2. The third kappa shape index (κ3) is 37.0. The Morgan fingerprint density at radius 2 is 0.590 bits per heavy atom. The molecule has 0 heterocycles. The van der Waals surface area contributed by atoms with E-state index in [1.807, 2.05) is 14.1 Å². The first-order valence-electron chi connectivity index (χ1n) is 13.7. The topological polar surface area (TPSA) is 122 Å². The molecule has 0 aromatic rings. The Bertz CT molecular complexity index is 488. The highest BCUT2D eigenvalue weighted by molar-refractivity contribution is 5.65. The zero-order valence-electron chi connectivity index (χ0n) is 24.4. The first kappa shape index (κ1) is 38.0. The van der Waals surface area contributed by atoms with Gasteiger partial charge >= 0.3 is 5.97 Å². The van der Waals surface area contributed by atoms with Crippen molar-refractivity contribution in [2.75, 3.05) is 159 Å². The van der Waals surface area contributed by atoms with Crippen LogP contribution in [0.1, 0.15) is 6.92 Å². The van der Waals surface area contributed by atoms with Gasteiger partial charge in [-0.3, -0.25) is 4.79 Å².